The first-order valence-corrected chi connectivity index (χ1v) is 10.8. The Hall–Kier alpha value is -2.92. The summed E-state index contributed by atoms with van der Waals surface area (Å²) in [7, 11) is 0. The molecule has 0 aromatic carbocycles. The highest BCUT2D eigenvalue weighted by atomic mass is 19.4. The van der Waals surface area contributed by atoms with Crippen LogP contribution in [0.1, 0.15) is 42.0 Å². The van der Waals surface area contributed by atoms with Gasteiger partial charge < -0.3 is 14.7 Å². The number of halogens is 3. The first-order valence-electron chi connectivity index (χ1n) is 10.8. The van der Waals surface area contributed by atoms with Gasteiger partial charge in [0.25, 0.3) is 11.6 Å². The third kappa shape index (κ3) is 4.35. The standard InChI is InChI=1S/C20H26F3N7O2/c1-13-15(14(2)30-18(24-13)25-17(26-30)20(21,22)23)12-16(31)27-8-10-29(11-9-27)19(32)28-6-4-3-5-7-28/h3-12H2,1-2H3. The van der Waals surface area contributed by atoms with E-state index in [1.807, 2.05) is 4.90 Å². The highest BCUT2D eigenvalue weighted by Crippen LogP contribution is 2.27. The Kier molecular flexibility index (Phi) is 5.95. The van der Waals surface area contributed by atoms with Crippen molar-refractivity contribution in [3.63, 3.8) is 0 Å². The number of aromatic nitrogens is 4. The Morgan fingerprint density at radius 2 is 1.47 bits per heavy atom. The van der Waals surface area contributed by atoms with Gasteiger partial charge in [0.05, 0.1) is 6.42 Å². The Bertz CT molecular complexity index is 1020. The van der Waals surface area contributed by atoms with Crippen LogP contribution in [-0.2, 0) is 17.4 Å². The molecule has 32 heavy (non-hydrogen) atoms. The number of hydrogen-bond donors (Lipinski definition) is 0. The van der Waals surface area contributed by atoms with Gasteiger partial charge in [-0.05, 0) is 33.1 Å². The molecule has 2 aromatic heterocycles. The lowest BCUT2D eigenvalue weighted by Crippen LogP contribution is -2.55. The molecular formula is C20H26F3N7O2. The molecule has 2 aromatic rings. The lowest BCUT2D eigenvalue weighted by molar-refractivity contribution is -0.144. The second kappa shape index (κ2) is 8.55. The van der Waals surface area contributed by atoms with Crippen LogP contribution in [0.5, 0.6) is 0 Å². The summed E-state index contributed by atoms with van der Waals surface area (Å²) in [6, 6.07) is 0.0322. The minimum absolute atomic E-state index is 0.00187. The number of amides is 3. The maximum Gasteiger partial charge on any atom is 0.453 e. The summed E-state index contributed by atoms with van der Waals surface area (Å²) in [6.45, 7) is 6.60. The van der Waals surface area contributed by atoms with Crippen molar-refractivity contribution in [1.82, 2.24) is 34.3 Å². The third-order valence-electron chi connectivity index (χ3n) is 6.16. The van der Waals surface area contributed by atoms with Gasteiger partial charge in [-0.25, -0.2) is 14.3 Å². The fraction of sp³-hybridized carbons (Fsp3) is 0.650. The van der Waals surface area contributed by atoms with E-state index in [0.717, 1.165) is 36.9 Å². The summed E-state index contributed by atoms with van der Waals surface area (Å²) in [5, 5.41) is 3.52. The minimum Gasteiger partial charge on any atom is -0.339 e. The first-order chi connectivity index (χ1) is 15.1. The predicted octanol–water partition coefficient (Wildman–Crippen LogP) is 2.05. The van der Waals surface area contributed by atoms with Gasteiger partial charge in [0, 0.05) is 56.2 Å². The van der Waals surface area contributed by atoms with E-state index in [1.54, 1.807) is 23.6 Å². The van der Waals surface area contributed by atoms with Crippen LogP contribution in [0.15, 0.2) is 0 Å². The number of carbonyl (C=O) groups is 2. The van der Waals surface area contributed by atoms with E-state index in [4.69, 9.17) is 0 Å². The monoisotopic (exact) mass is 453 g/mol. The van der Waals surface area contributed by atoms with Crippen LogP contribution in [0, 0.1) is 13.8 Å². The largest absolute Gasteiger partial charge is 0.453 e. The fourth-order valence-electron chi connectivity index (χ4n) is 4.28. The van der Waals surface area contributed by atoms with Crippen molar-refractivity contribution in [1.29, 1.82) is 0 Å². The number of likely N-dealkylation sites (tertiary alicyclic amines) is 1. The molecule has 0 saturated carbocycles. The van der Waals surface area contributed by atoms with E-state index in [2.05, 4.69) is 15.1 Å². The van der Waals surface area contributed by atoms with Gasteiger partial charge in [-0.3, -0.25) is 4.79 Å². The van der Waals surface area contributed by atoms with Crippen LogP contribution < -0.4 is 0 Å². The lowest BCUT2D eigenvalue weighted by Gasteiger charge is -2.38. The molecule has 12 heteroatoms. The summed E-state index contributed by atoms with van der Waals surface area (Å²) in [5.74, 6) is -1.56. The predicted molar refractivity (Wildman–Crippen MR) is 108 cm³/mol. The molecule has 174 valence electrons. The first kappa shape index (κ1) is 22.3. The molecule has 0 spiro atoms. The van der Waals surface area contributed by atoms with Crippen molar-refractivity contribution < 1.29 is 22.8 Å². The Balaban J connectivity index is 1.42. The molecule has 0 atom stereocenters. The SMILES string of the molecule is Cc1nc2nc(C(F)(F)F)nn2c(C)c1CC(=O)N1CCN(C(=O)N2CCCCC2)CC1. The van der Waals surface area contributed by atoms with Crippen LogP contribution in [0.2, 0.25) is 0 Å². The van der Waals surface area contributed by atoms with E-state index in [1.165, 1.54) is 0 Å². The van der Waals surface area contributed by atoms with Gasteiger partial charge in [0.1, 0.15) is 0 Å². The summed E-state index contributed by atoms with van der Waals surface area (Å²) in [5.41, 5.74) is 1.39. The van der Waals surface area contributed by atoms with Crippen LogP contribution in [0.3, 0.4) is 0 Å². The highest BCUT2D eigenvalue weighted by molar-refractivity contribution is 5.80. The van der Waals surface area contributed by atoms with Gasteiger partial charge in [0.2, 0.25) is 5.91 Å². The number of hydrogen-bond acceptors (Lipinski definition) is 5. The molecule has 2 saturated heterocycles. The van der Waals surface area contributed by atoms with Crippen LogP contribution in [0.4, 0.5) is 18.0 Å². The average Bonchev–Trinajstić information content (AvgIpc) is 3.21. The number of fused-ring (bicyclic) bond motifs is 1. The summed E-state index contributed by atoms with van der Waals surface area (Å²) in [4.78, 5) is 38.5. The molecule has 0 radical (unpaired) electrons. The second-order valence-corrected chi connectivity index (χ2v) is 8.28. The summed E-state index contributed by atoms with van der Waals surface area (Å²) in [6.07, 6.45) is -1.47. The van der Waals surface area contributed by atoms with Crippen LogP contribution in [0.25, 0.3) is 5.78 Å². The van der Waals surface area contributed by atoms with Gasteiger partial charge >= 0.3 is 12.2 Å². The van der Waals surface area contributed by atoms with E-state index in [9.17, 15) is 22.8 Å². The fourth-order valence-corrected chi connectivity index (χ4v) is 4.28. The molecule has 0 unspecified atom stereocenters. The number of piperidine rings is 1. The maximum atomic E-state index is 13.0. The quantitative estimate of drug-likeness (QED) is 0.695. The molecule has 0 N–H and O–H groups in total. The molecular weight excluding hydrogens is 427 g/mol. The number of piperazine rings is 1. The average molecular weight is 453 g/mol. The van der Waals surface area contributed by atoms with Gasteiger partial charge in [-0.2, -0.15) is 18.2 Å². The topological polar surface area (TPSA) is 86.9 Å². The second-order valence-electron chi connectivity index (χ2n) is 8.28. The molecule has 4 heterocycles. The Morgan fingerprint density at radius 3 is 2.09 bits per heavy atom. The van der Waals surface area contributed by atoms with E-state index < -0.39 is 12.0 Å². The number of aryl methyl sites for hydroxylation is 2. The molecule has 2 fully saturated rings. The minimum atomic E-state index is -4.67. The molecule has 4 rings (SSSR count). The van der Waals surface area contributed by atoms with Gasteiger partial charge in [0.15, 0.2) is 0 Å². The van der Waals surface area contributed by atoms with Crippen molar-refractivity contribution in [3.05, 3.63) is 22.8 Å². The smallest absolute Gasteiger partial charge is 0.339 e. The van der Waals surface area contributed by atoms with E-state index in [0.29, 0.717) is 43.1 Å². The van der Waals surface area contributed by atoms with Crippen LogP contribution in [-0.4, -0.2) is 85.5 Å². The molecule has 9 nitrogen and oxygen atoms in total. The molecule has 3 amide bonds. The zero-order valence-electron chi connectivity index (χ0n) is 18.2. The zero-order valence-corrected chi connectivity index (χ0v) is 18.2. The van der Waals surface area contributed by atoms with Gasteiger partial charge in [-0.1, -0.05) is 0 Å². The van der Waals surface area contributed by atoms with Crippen molar-refractivity contribution >= 4 is 17.7 Å². The van der Waals surface area contributed by atoms with Crippen molar-refractivity contribution in [2.75, 3.05) is 39.3 Å². The normalized spacial score (nSPS) is 17.8. The van der Waals surface area contributed by atoms with Crippen molar-refractivity contribution in [2.24, 2.45) is 0 Å². The van der Waals surface area contributed by atoms with Gasteiger partial charge in [-0.15, -0.1) is 5.10 Å². The number of carbonyl (C=O) groups excluding carboxylic acids is 2. The van der Waals surface area contributed by atoms with Crippen molar-refractivity contribution in [2.45, 2.75) is 45.7 Å². The molecule has 0 aliphatic carbocycles. The number of alkyl halides is 3. The molecule has 2 aliphatic heterocycles. The van der Waals surface area contributed by atoms with Crippen molar-refractivity contribution in [3.8, 4) is 0 Å². The zero-order chi connectivity index (χ0) is 23.0. The number of rotatable bonds is 2. The number of urea groups is 1. The lowest BCUT2D eigenvalue weighted by atomic mass is 10.1. The van der Waals surface area contributed by atoms with Crippen LogP contribution >= 0.6 is 0 Å². The summed E-state index contributed by atoms with van der Waals surface area (Å²) >= 11 is 0. The van der Waals surface area contributed by atoms with E-state index in [-0.39, 0.29) is 24.1 Å². The van der Waals surface area contributed by atoms with E-state index >= 15 is 0 Å². The summed E-state index contributed by atoms with van der Waals surface area (Å²) < 4.78 is 39.9. The maximum absolute atomic E-state index is 13.0. The third-order valence-corrected chi connectivity index (χ3v) is 6.16. The Labute approximate surface area is 183 Å². The molecule has 0 bridgehead atoms. The number of nitrogens with zero attached hydrogens (tertiary/aromatic N) is 7. The highest BCUT2D eigenvalue weighted by Gasteiger charge is 2.37. The molecule has 2 aliphatic rings. The Morgan fingerprint density at radius 1 is 0.875 bits per heavy atom.